The maximum absolute atomic E-state index is 13.2. The van der Waals surface area contributed by atoms with Crippen LogP contribution in [0.2, 0.25) is 0 Å². The molecular weight excluding hydrogens is 346 g/mol. The SMILES string of the molecule is CC1CCc2ccccc2N1C(=O)CN1CCCc2c(N)cccc21.Cl. The number of para-hydroxylation sites is 1. The Morgan fingerprint density at radius 2 is 1.88 bits per heavy atom. The van der Waals surface area contributed by atoms with E-state index in [0.717, 1.165) is 49.3 Å². The van der Waals surface area contributed by atoms with Crippen LogP contribution in [0.1, 0.15) is 30.9 Å². The molecule has 0 bridgehead atoms. The van der Waals surface area contributed by atoms with Gasteiger partial charge < -0.3 is 15.5 Å². The second-order valence-corrected chi connectivity index (χ2v) is 7.15. The largest absolute Gasteiger partial charge is 0.398 e. The van der Waals surface area contributed by atoms with Crippen LogP contribution in [0.5, 0.6) is 0 Å². The second-order valence-electron chi connectivity index (χ2n) is 7.15. The highest BCUT2D eigenvalue weighted by molar-refractivity contribution is 5.98. The van der Waals surface area contributed by atoms with Crippen LogP contribution >= 0.6 is 12.4 Å². The maximum Gasteiger partial charge on any atom is 0.246 e. The zero-order valence-electron chi connectivity index (χ0n) is 15.1. The summed E-state index contributed by atoms with van der Waals surface area (Å²) in [5.74, 6) is 0.176. The lowest BCUT2D eigenvalue weighted by atomic mass is 9.96. The molecule has 0 aromatic heterocycles. The van der Waals surface area contributed by atoms with Gasteiger partial charge in [-0.2, -0.15) is 0 Å². The third-order valence-electron chi connectivity index (χ3n) is 5.50. The monoisotopic (exact) mass is 371 g/mol. The molecule has 1 unspecified atom stereocenters. The molecule has 2 heterocycles. The Labute approximate surface area is 161 Å². The summed E-state index contributed by atoms with van der Waals surface area (Å²) in [7, 11) is 0. The predicted octanol–water partition coefficient (Wildman–Crippen LogP) is 3.81. The zero-order chi connectivity index (χ0) is 17.4. The number of hydrogen-bond donors (Lipinski definition) is 1. The summed E-state index contributed by atoms with van der Waals surface area (Å²) in [4.78, 5) is 17.4. The molecule has 0 saturated heterocycles. The molecule has 2 N–H and O–H groups in total. The zero-order valence-corrected chi connectivity index (χ0v) is 16.0. The Hall–Kier alpha value is -2.20. The summed E-state index contributed by atoms with van der Waals surface area (Å²) in [6.45, 7) is 3.47. The van der Waals surface area contributed by atoms with Crippen LogP contribution in [-0.2, 0) is 17.6 Å². The molecule has 0 spiro atoms. The van der Waals surface area contributed by atoms with Gasteiger partial charge in [0.05, 0.1) is 6.54 Å². The van der Waals surface area contributed by atoms with Gasteiger partial charge in [-0.3, -0.25) is 4.79 Å². The molecule has 1 atom stereocenters. The summed E-state index contributed by atoms with van der Waals surface area (Å²) >= 11 is 0. The molecule has 0 fully saturated rings. The number of nitrogen functional groups attached to an aromatic ring is 1. The Kier molecular flexibility index (Phi) is 5.42. The fourth-order valence-electron chi connectivity index (χ4n) is 4.20. The first-order valence-electron chi connectivity index (χ1n) is 9.17. The highest BCUT2D eigenvalue weighted by atomic mass is 35.5. The fraction of sp³-hybridized carbons (Fsp3) is 0.381. The lowest BCUT2D eigenvalue weighted by molar-refractivity contribution is -0.117. The second kappa shape index (κ2) is 7.58. The van der Waals surface area contributed by atoms with Gasteiger partial charge in [-0.15, -0.1) is 12.4 Å². The van der Waals surface area contributed by atoms with Gasteiger partial charge in [0.25, 0.3) is 0 Å². The van der Waals surface area contributed by atoms with Gasteiger partial charge in [-0.25, -0.2) is 0 Å². The smallest absolute Gasteiger partial charge is 0.246 e. The number of carbonyl (C=O) groups excluding carboxylic acids is 1. The van der Waals surface area contributed by atoms with Crippen molar-refractivity contribution in [3.8, 4) is 0 Å². The minimum Gasteiger partial charge on any atom is -0.398 e. The Balaban J connectivity index is 0.00000196. The molecule has 2 aromatic rings. The highest BCUT2D eigenvalue weighted by Crippen LogP contribution is 2.33. The highest BCUT2D eigenvalue weighted by Gasteiger charge is 2.30. The van der Waals surface area contributed by atoms with Gasteiger partial charge in [0.2, 0.25) is 5.91 Å². The van der Waals surface area contributed by atoms with E-state index in [1.54, 1.807) is 0 Å². The Morgan fingerprint density at radius 3 is 2.73 bits per heavy atom. The number of halogens is 1. The fourth-order valence-corrected chi connectivity index (χ4v) is 4.20. The molecule has 4 rings (SSSR count). The number of hydrogen-bond acceptors (Lipinski definition) is 3. The number of rotatable bonds is 2. The number of benzene rings is 2. The van der Waals surface area contributed by atoms with Crippen molar-refractivity contribution in [1.29, 1.82) is 0 Å². The molecule has 2 aliphatic rings. The molecule has 0 aliphatic carbocycles. The first kappa shape index (κ1) is 18.6. The van der Waals surface area contributed by atoms with Crippen LogP contribution in [-0.4, -0.2) is 25.0 Å². The van der Waals surface area contributed by atoms with Crippen LogP contribution in [0.25, 0.3) is 0 Å². The average Bonchev–Trinajstić information content (AvgIpc) is 2.62. The van der Waals surface area contributed by atoms with Crippen molar-refractivity contribution in [3.63, 3.8) is 0 Å². The summed E-state index contributed by atoms with van der Waals surface area (Å²) in [6, 6.07) is 14.6. The van der Waals surface area contributed by atoms with Crippen molar-refractivity contribution in [1.82, 2.24) is 0 Å². The quantitative estimate of drug-likeness (QED) is 0.816. The minimum absolute atomic E-state index is 0. The molecule has 4 nitrogen and oxygen atoms in total. The number of nitrogens with two attached hydrogens (primary N) is 1. The molecule has 26 heavy (non-hydrogen) atoms. The van der Waals surface area contributed by atoms with E-state index in [-0.39, 0.29) is 24.4 Å². The molecular formula is C21H26ClN3O. The van der Waals surface area contributed by atoms with Crippen molar-refractivity contribution >= 4 is 35.4 Å². The average molecular weight is 372 g/mol. The molecule has 1 amide bonds. The first-order valence-corrected chi connectivity index (χ1v) is 9.17. The Morgan fingerprint density at radius 1 is 1.12 bits per heavy atom. The third kappa shape index (κ3) is 3.26. The van der Waals surface area contributed by atoms with Gasteiger partial charge in [0.1, 0.15) is 0 Å². The Bertz CT molecular complexity index is 808. The number of amides is 1. The first-order chi connectivity index (χ1) is 12.1. The number of carbonyl (C=O) groups is 1. The van der Waals surface area contributed by atoms with Crippen LogP contribution in [0.4, 0.5) is 17.1 Å². The van der Waals surface area contributed by atoms with Gasteiger partial charge >= 0.3 is 0 Å². The number of nitrogens with zero attached hydrogens (tertiary/aromatic N) is 2. The van der Waals surface area contributed by atoms with Gasteiger partial charge in [-0.05, 0) is 61.9 Å². The van der Waals surface area contributed by atoms with E-state index in [0.29, 0.717) is 6.54 Å². The predicted molar refractivity (Wildman–Crippen MR) is 110 cm³/mol. The molecule has 2 aliphatic heterocycles. The summed E-state index contributed by atoms with van der Waals surface area (Å²) in [5.41, 5.74) is 11.6. The van der Waals surface area contributed by atoms with Crippen molar-refractivity contribution < 1.29 is 4.79 Å². The normalized spacial score (nSPS) is 18.6. The molecule has 5 heteroatoms. The van der Waals surface area contributed by atoms with E-state index in [1.165, 1.54) is 11.1 Å². The van der Waals surface area contributed by atoms with Gasteiger partial charge in [0.15, 0.2) is 0 Å². The van der Waals surface area contributed by atoms with E-state index in [9.17, 15) is 4.79 Å². The number of aryl methyl sites for hydroxylation is 1. The summed E-state index contributed by atoms with van der Waals surface area (Å²) < 4.78 is 0. The van der Waals surface area contributed by atoms with Crippen molar-refractivity contribution in [2.75, 3.05) is 28.6 Å². The molecule has 0 saturated carbocycles. The summed E-state index contributed by atoms with van der Waals surface area (Å²) in [6.07, 6.45) is 4.10. The van der Waals surface area contributed by atoms with Gasteiger partial charge in [0, 0.05) is 29.6 Å². The van der Waals surface area contributed by atoms with Crippen LogP contribution in [0.15, 0.2) is 42.5 Å². The molecule has 0 radical (unpaired) electrons. The van der Waals surface area contributed by atoms with Crippen molar-refractivity contribution in [2.24, 2.45) is 0 Å². The van der Waals surface area contributed by atoms with E-state index < -0.39 is 0 Å². The van der Waals surface area contributed by atoms with Crippen molar-refractivity contribution in [2.45, 2.75) is 38.6 Å². The molecule has 2 aromatic carbocycles. The number of anilines is 3. The van der Waals surface area contributed by atoms with E-state index >= 15 is 0 Å². The number of fused-ring (bicyclic) bond motifs is 2. The topological polar surface area (TPSA) is 49.6 Å². The van der Waals surface area contributed by atoms with Gasteiger partial charge in [-0.1, -0.05) is 24.3 Å². The van der Waals surface area contributed by atoms with Crippen LogP contribution in [0.3, 0.4) is 0 Å². The minimum atomic E-state index is 0. The van der Waals surface area contributed by atoms with Crippen LogP contribution in [0, 0.1) is 0 Å². The van der Waals surface area contributed by atoms with Crippen LogP contribution < -0.4 is 15.5 Å². The summed E-state index contributed by atoms with van der Waals surface area (Å²) in [5, 5.41) is 0. The standard InChI is InChI=1S/C21H25N3O.ClH/c1-15-11-12-16-6-2-3-9-19(16)24(15)21(25)14-23-13-5-7-17-18(22)8-4-10-20(17)23;/h2-4,6,8-10,15H,5,7,11-14,22H2,1H3;1H. The maximum atomic E-state index is 13.2. The van der Waals surface area contributed by atoms with Crippen molar-refractivity contribution in [3.05, 3.63) is 53.6 Å². The third-order valence-corrected chi connectivity index (χ3v) is 5.50. The lowest BCUT2D eigenvalue weighted by Crippen LogP contribution is -2.48. The lowest BCUT2D eigenvalue weighted by Gasteiger charge is -2.38. The van der Waals surface area contributed by atoms with E-state index in [1.807, 2.05) is 23.1 Å². The van der Waals surface area contributed by atoms with E-state index in [4.69, 9.17) is 5.73 Å². The molecule has 138 valence electrons. The van der Waals surface area contributed by atoms with E-state index in [2.05, 4.69) is 36.1 Å².